The highest BCUT2D eigenvalue weighted by atomic mass is 32.2. The van der Waals surface area contributed by atoms with E-state index >= 15 is 0 Å². The van der Waals surface area contributed by atoms with E-state index in [0.717, 1.165) is 12.2 Å². The second-order valence-electron chi connectivity index (χ2n) is 2.99. The van der Waals surface area contributed by atoms with Gasteiger partial charge >= 0.3 is 6.09 Å². The van der Waals surface area contributed by atoms with Crippen molar-refractivity contribution in [2.75, 3.05) is 11.5 Å². The van der Waals surface area contributed by atoms with Crippen molar-refractivity contribution in [3.63, 3.8) is 0 Å². The highest BCUT2D eigenvalue weighted by Crippen LogP contribution is 2.32. The summed E-state index contributed by atoms with van der Waals surface area (Å²) < 4.78 is 4.98. The number of alkyl carbamates (subject to hydrolysis) is 1. The van der Waals surface area contributed by atoms with Crippen molar-refractivity contribution < 1.29 is 14.3 Å². The predicted molar refractivity (Wildman–Crippen MR) is 43.9 cm³/mol. The molecule has 4 nitrogen and oxygen atoms in total. The first-order valence-electron chi connectivity index (χ1n) is 3.85. The van der Waals surface area contributed by atoms with E-state index in [-0.39, 0.29) is 5.91 Å². The summed E-state index contributed by atoms with van der Waals surface area (Å²) in [6.07, 6.45) is 1.01. The third kappa shape index (κ3) is 1.08. The summed E-state index contributed by atoms with van der Waals surface area (Å²) >= 11 is 1.66. The Morgan fingerprint density at radius 3 is 2.83 bits per heavy atom. The number of hydrogen-bond donors (Lipinski definition) is 1. The lowest BCUT2D eigenvalue weighted by Crippen LogP contribution is -2.43. The molecule has 0 bridgehead atoms. The molecule has 1 N–H and O–H groups in total. The fourth-order valence-corrected chi connectivity index (χ4v) is 2.64. The Bertz CT molecular complexity index is 235. The van der Waals surface area contributed by atoms with Crippen LogP contribution >= 0.6 is 11.8 Å². The van der Waals surface area contributed by atoms with E-state index in [1.165, 1.54) is 0 Å². The SMILES string of the molecule is O=C1NC(=O)C2(CCCSC2)O1. The molecule has 5 heteroatoms. The Balaban J connectivity index is 2.18. The molecule has 2 aliphatic heterocycles. The van der Waals surface area contributed by atoms with Crippen molar-refractivity contribution in [1.29, 1.82) is 0 Å². The molecule has 66 valence electrons. The Morgan fingerprint density at radius 1 is 1.50 bits per heavy atom. The molecule has 2 heterocycles. The van der Waals surface area contributed by atoms with Gasteiger partial charge in [-0.3, -0.25) is 10.1 Å². The number of amides is 2. The molecule has 2 rings (SSSR count). The van der Waals surface area contributed by atoms with Gasteiger partial charge in [-0.1, -0.05) is 0 Å². The maximum atomic E-state index is 11.3. The summed E-state index contributed by atoms with van der Waals surface area (Å²) in [7, 11) is 0. The molecule has 1 spiro atoms. The van der Waals surface area contributed by atoms with Crippen LogP contribution in [0.4, 0.5) is 4.79 Å². The van der Waals surface area contributed by atoms with E-state index in [4.69, 9.17) is 4.74 Å². The Kier molecular flexibility index (Phi) is 1.75. The third-order valence-corrected chi connectivity index (χ3v) is 3.37. The van der Waals surface area contributed by atoms with E-state index in [0.29, 0.717) is 12.2 Å². The maximum Gasteiger partial charge on any atom is 0.415 e. The molecule has 2 amide bonds. The molecule has 1 atom stereocenters. The van der Waals surface area contributed by atoms with Crippen LogP contribution in [0.2, 0.25) is 0 Å². The molecule has 0 saturated carbocycles. The topological polar surface area (TPSA) is 55.4 Å². The third-order valence-electron chi connectivity index (χ3n) is 2.12. The molecule has 0 radical (unpaired) electrons. The number of nitrogens with one attached hydrogen (secondary N) is 1. The quantitative estimate of drug-likeness (QED) is 0.600. The summed E-state index contributed by atoms with van der Waals surface area (Å²) in [5.74, 6) is 1.39. The van der Waals surface area contributed by atoms with Gasteiger partial charge in [-0.25, -0.2) is 4.79 Å². The molecular formula is C7H9NO3S. The number of carbonyl (C=O) groups excluding carboxylic acids is 2. The van der Waals surface area contributed by atoms with Crippen LogP contribution in [0, 0.1) is 0 Å². The van der Waals surface area contributed by atoms with Gasteiger partial charge < -0.3 is 4.74 Å². The van der Waals surface area contributed by atoms with E-state index in [1.807, 2.05) is 0 Å². The Labute approximate surface area is 74.0 Å². The lowest BCUT2D eigenvalue weighted by molar-refractivity contribution is -0.130. The molecule has 2 aliphatic rings. The number of rotatable bonds is 0. The van der Waals surface area contributed by atoms with Crippen molar-refractivity contribution in [2.45, 2.75) is 18.4 Å². The van der Waals surface area contributed by atoms with Gasteiger partial charge in [-0.05, 0) is 18.6 Å². The fraction of sp³-hybridized carbons (Fsp3) is 0.714. The first kappa shape index (κ1) is 7.91. The van der Waals surface area contributed by atoms with Crippen LogP contribution in [0.15, 0.2) is 0 Å². The second kappa shape index (κ2) is 2.65. The van der Waals surface area contributed by atoms with E-state index < -0.39 is 11.7 Å². The normalized spacial score (nSPS) is 35.0. The Hall–Kier alpha value is -0.710. The van der Waals surface area contributed by atoms with E-state index in [2.05, 4.69) is 5.32 Å². The zero-order chi connectivity index (χ0) is 8.60. The van der Waals surface area contributed by atoms with E-state index in [9.17, 15) is 9.59 Å². The van der Waals surface area contributed by atoms with Gasteiger partial charge in [-0.2, -0.15) is 11.8 Å². The average molecular weight is 187 g/mol. The number of hydrogen-bond acceptors (Lipinski definition) is 4. The number of ether oxygens (including phenoxy) is 1. The number of carbonyl (C=O) groups is 2. The standard InChI is InChI=1S/C7H9NO3S/c9-5-7(11-6(10)8-5)2-1-3-12-4-7/h1-4H2,(H,8,9,10). The molecule has 2 saturated heterocycles. The maximum absolute atomic E-state index is 11.3. The van der Waals surface area contributed by atoms with Gasteiger partial charge in [-0.15, -0.1) is 0 Å². The van der Waals surface area contributed by atoms with Crippen LogP contribution in [-0.4, -0.2) is 29.1 Å². The smallest absolute Gasteiger partial charge is 0.415 e. The van der Waals surface area contributed by atoms with Gasteiger partial charge in [0.2, 0.25) is 5.60 Å². The van der Waals surface area contributed by atoms with Gasteiger partial charge in [0.15, 0.2) is 0 Å². The molecule has 0 aromatic rings. The van der Waals surface area contributed by atoms with Crippen LogP contribution in [-0.2, 0) is 9.53 Å². The van der Waals surface area contributed by atoms with E-state index in [1.54, 1.807) is 11.8 Å². The van der Waals surface area contributed by atoms with Gasteiger partial charge in [0.25, 0.3) is 5.91 Å². The molecule has 12 heavy (non-hydrogen) atoms. The highest BCUT2D eigenvalue weighted by molar-refractivity contribution is 7.99. The highest BCUT2D eigenvalue weighted by Gasteiger charge is 2.49. The second-order valence-corrected chi connectivity index (χ2v) is 4.10. The summed E-state index contributed by atoms with van der Waals surface area (Å²) in [4.78, 5) is 22.1. The number of thioether (sulfide) groups is 1. The molecule has 0 aliphatic carbocycles. The zero-order valence-electron chi connectivity index (χ0n) is 6.46. The first-order valence-corrected chi connectivity index (χ1v) is 5.01. The summed E-state index contributed by atoms with van der Waals surface area (Å²) in [6, 6.07) is 0. The summed E-state index contributed by atoms with van der Waals surface area (Å²) in [5, 5.41) is 2.16. The lowest BCUT2D eigenvalue weighted by atomic mass is 9.99. The van der Waals surface area contributed by atoms with Crippen LogP contribution in [0.1, 0.15) is 12.8 Å². The minimum absolute atomic E-state index is 0.264. The molecule has 1 unspecified atom stereocenters. The van der Waals surface area contributed by atoms with Crippen LogP contribution in [0.3, 0.4) is 0 Å². The van der Waals surface area contributed by atoms with Crippen LogP contribution in [0.5, 0.6) is 0 Å². The average Bonchev–Trinajstić information content (AvgIpc) is 2.29. The van der Waals surface area contributed by atoms with Crippen LogP contribution in [0.25, 0.3) is 0 Å². The van der Waals surface area contributed by atoms with Crippen molar-refractivity contribution >= 4 is 23.8 Å². The molecular weight excluding hydrogens is 178 g/mol. The van der Waals surface area contributed by atoms with Gasteiger partial charge in [0.05, 0.1) is 0 Å². The first-order chi connectivity index (χ1) is 5.73. The summed E-state index contributed by atoms with van der Waals surface area (Å²) in [6.45, 7) is 0. The molecule has 0 aromatic carbocycles. The van der Waals surface area contributed by atoms with Crippen molar-refractivity contribution in [3.05, 3.63) is 0 Å². The zero-order valence-corrected chi connectivity index (χ0v) is 7.28. The monoisotopic (exact) mass is 187 g/mol. The number of imide groups is 1. The predicted octanol–water partition coefficient (Wildman–Crippen LogP) is 0.519. The molecule has 0 aromatic heterocycles. The van der Waals surface area contributed by atoms with Gasteiger partial charge in [0.1, 0.15) is 0 Å². The van der Waals surface area contributed by atoms with Gasteiger partial charge in [0, 0.05) is 5.75 Å². The molecule has 2 fully saturated rings. The van der Waals surface area contributed by atoms with Crippen LogP contribution < -0.4 is 5.32 Å². The summed E-state index contributed by atoms with van der Waals surface area (Å²) in [5.41, 5.74) is -0.833. The Morgan fingerprint density at radius 2 is 2.33 bits per heavy atom. The van der Waals surface area contributed by atoms with Crippen molar-refractivity contribution in [1.82, 2.24) is 5.32 Å². The lowest BCUT2D eigenvalue weighted by Gasteiger charge is -2.27. The largest absolute Gasteiger partial charge is 0.432 e. The van der Waals surface area contributed by atoms with Crippen molar-refractivity contribution in [3.8, 4) is 0 Å². The minimum Gasteiger partial charge on any atom is -0.432 e. The fourth-order valence-electron chi connectivity index (χ4n) is 1.48. The minimum atomic E-state index is -0.833. The van der Waals surface area contributed by atoms with Crippen molar-refractivity contribution in [2.24, 2.45) is 0 Å².